The van der Waals surface area contributed by atoms with Crippen LogP contribution in [0.25, 0.3) is 0 Å². The number of hydrogen-bond acceptors (Lipinski definition) is 2. The molecule has 0 saturated heterocycles. The van der Waals surface area contributed by atoms with Crippen LogP contribution >= 0.6 is 12.4 Å². The van der Waals surface area contributed by atoms with E-state index >= 15 is 0 Å². The Balaban J connectivity index is 0.00000225. The van der Waals surface area contributed by atoms with Crippen molar-refractivity contribution in [2.75, 3.05) is 27.2 Å². The first-order valence-corrected chi connectivity index (χ1v) is 5.53. The molecule has 0 spiro atoms. The van der Waals surface area contributed by atoms with Crippen molar-refractivity contribution in [1.82, 2.24) is 10.2 Å². The van der Waals surface area contributed by atoms with Gasteiger partial charge in [-0.3, -0.25) is 0 Å². The first-order valence-electron chi connectivity index (χ1n) is 5.53. The second-order valence-electron chi connectivity index (χ2n) is 4.20. The van der Waals surface area contributed by atoms with Gasteiger partial charge in [0, 0.05) is 19.6 Å². The Kier molecular flexibility index (Phi) is 7.39. The lowest BCUT2D eigenvalue weighted by molar-refractivity contribution is 0.327. The monoisotopic (exact) mass is 242 g/mol. The van der Waals surface area contributed by atoms with Crippen LogP contribution in [0.4, 0.5) is 0 Å². The number of rotatable bonds is 5. The van der Waals surface area contributed by atoms with Gasteiger partial charge in [-0.05, 0) is 44.6 Å². The summed E-state index contributed by atoms with van der Waals surface area (Å²) in [5, 5.41) is 3.17. The van der Waals surface area contributed by atoms with E-state index in [1.807, 2.05) is 7.05 Å². The van der Waals surface area contributed by atoms with Gasteiger partial charge in [0.15, 0.2) is 0 Å². The smallest absolute Gasteiger partial charge is 0.0233 e. The van der Waals surface area contributed by atoms with Crippen LogP contribution in [-0.2, 0) is 6.54 Å². The molecule has 0 radical (unpaired) electrons. The maximum absolute atomic E-state index is 3.17. The fourth-order valence-electron chi connectivity index (χ4n) is 1.66. The number of hydrogen-bond donors (Lipinski definition) is 1. The van der Waals surface area contributed by atoms with Crippen molar-refractivity contribution in [3.63, 3.8) is 0 Å². The summed E-state index contributed by atoms with van der Waals surface area (Å²) >= 11 is 0. The van der Waals surface area contributed by atoms with Gasteiger partial charge in [0.1, 0.15) is 0 Å². The SMILES string of the molecule is CNCCN(C)Cc1cccc(C)c1C.Cl. The van der Waals surface area contributed by atoms with Gasteiger partial charge in [0.2, 0.25) is 0 Å². The molecule has 0 fully saturated rings. The Bertz CT molecular complexity index is 313. The van der Waals surface area contributed by atoms with Crippen LogP contribution in [0.5, 0.6) is 0 Å². The van der Waals surface area contributed by atoms with Crippen molar-refractivity contribution in [3.8, 4) is 0 Å². The number of likely N-dealkylation sites (N-methyl/N-ethyl adjacent to an activating group) is 2. The molecule has 0 aromatic heterocycles. The highest BCUT2D eigenvalue weighted by Gasteiger charge is 2.03. The molecule has 0 saturated carbocycles. The normalized spacial score (nSPS) is 10.3. The van der Waals surface area contributed by atoms with Gasteiger partial charge in [-0.1, -0.05) is 18.2 Å². The summed E-state index contributed by atoms with van der Waals surface area (Å²) < 4.78 is 0. The van der Waals surface area contributed by atoms with Crippen LogP contribution in [-0.4, -0.2) is 32.1 Å². The molecule has 1 N–H and O–H groups in total. The van der Waals surface area contributed by atoms with E-state index in [9.17, 15) is 0 Å². The molecule has 0 atom stereocenters. The van der Waals surface area contributed by atoms with Gasteiger partial charge >= 0.3 is 0 Å². The lowest BCUT2D eigenvalue weighted by atomic mass is 10.0. The molecule has 0 bridgehead atoms. The molecular weight excluding hydrogens is 220 g/mol. The van der Waals surface area contributed by atoms with E-state index in [1.165, 1.54) is 16.7 Å². The lowest BCUT2D eigenvalue weighted by Gasteiger charge is -2.18. The largest absolute Gasteiger partial charge is 0.318 e. The van der Waals surface area contributed by atoms with Crippen LogP contribution in [0.2, 0.25) is 0 Å². The summed E-state index contributed by atoms with van der Waals surface area (Å²) in [6.45, 7) is 7.55. The summed E-state index contributed by atoms with van der Waals surface area (Å²) in [5.74, 6) is 0. The van der Waals surface area contributed by atoms with Gasteiger partial charge in [-0.15, -0.1) is 12.4 Å². The van der Waals surface area contributed by atoms with E-state index in [0.29, 0.717) is 0 Å². The number of nitrogens with zero attached hydrogens (tertiary/aromatic N) is 1. The maximum atomic E-state index is 3.17. The molecule has 16 heavy (non-hydrogen) atoms. The van der Waals surface area contributed by atoms with Crippen LogP contribution in [0.3, 0.4) is 0 Å². The molecule has 2 nitrogen and oxygen atoms in total. The molecule has 0 aliphatic rings. The molecule has 0 aliphatic carbocycles. The summed E-state index contributed by atoms with van der Waals surface area (Å²) in [4.78, 5) is 2.35. The molecule has 0 unspecified atom stereocenters. The zero-order valence-electron chi connectivity index (χ0n) is 10.7. The minimum Gasteiger partial charge on any atom is -0.318 e. The number of aryl methyl sites for hydroxylation is 1. The molecule has 0 amide bonds. The van der Waals surface area contributed by atoms with E-state index in [2.05, 4.69) is 49.3 Å². The summed E-state index contributed by atoms with van der Waals surface area (Å²) in [5.41, 5.74) is 4.25. The maximum Gasteiger partial charge on any atom is 0.0233 e. The Morgan fingerprint density at radius 3 is 2.56 bits per heavy atom. The van der Waals surface area contributed by atoms with Gasteiger partial charge in [-0.25, -0.2) is 0 Å². The van der Waals surface area contributed by atoms with Crippen LogP contribution in [0, 0.1) is 13.8 Å². The Labute approximate surface area is 105 Å². The van der Waals surface area contributed by atoms with E-state index in [0.717, 1.165) is 19.6 Å². The quantitative estimate of drug-likeness (QED) is 0.853. The average molecular weight is 243 g/mol. The van der Waals surface area contributed by atoms with Gasteiger partial charge in [0.25, 0.3) is 0 Å². The fraction of sp³-hybridized carbons (Fsp3) is 0.538. The lowest BCUT2D eigenvalue weighted by Crippen LogP contribution is -2.27. The predicted octanol–water partition coefficient (Wildman–Crippen LogP) is 2.38. The Morgan fingerprint density at radius 2 is 1.94 bits per heavy atom. The average Bonchev–Trinajstić information content (AvgIpc) is 2.22. The molecule has 1 rings (SSSR count). The van der Waals surface area contributed by atoms with Crippen molar-refractivity contribution in [3.05, 3.63) is 34.9 Å². The highest BCUT2D eigenvalue weighted by Crippen LogP contribution is 2.13. The number of nitrogens with one attached hydrogen (secondary N) is 1. The van der Waals surface area contributed by atoms with Crippen LogP contribution < -0.4 is 5.32 Å². The van der Waals surface area contributed by atoms with E-state index < -0.39 is 0 Å². The van der Waals surface area contributed by atoms with Gasteiger partial charge in [-0.2, -0.15) is 0 Å². The summed E-state index contributed by atoms with van der Waals surface area (Å²) in [6.07, 6.45) is 0. The highest BCUT2D eigenvalue weighted by atomic mass is 35.5. The third-order valence-electron chi connectivity index (χ3n) is 2.90. The first-order chi connectivity index (χ1) is 7.15. The van der Waals surface area contributed by atoms with Crippen molar-refractivity contribution < 1.29 is 0 Å². The second-order valence-corrected chi connectivity index (χ2v) is 4.20. The summed E-state index contributed by atoms with van der Waals surface area (Å²) in [6, 6.07) is 6.54. The van der Waals surface area contributed by atoms with Crippen molar-refractivity contribution in [2.45, 2.75) is 20.4 Å². The van der Waals surface area contributed by atoms with Gasteiger partial charge in [0.05, 0.1) is 0 Å². The molecule has 3 heteroatoms. The van der Waals surface area contributed by atoms with Gasteiger partial charge < -0.3 is 10.2 Å². The van der Waals surface area contributed by atoms with E-state index in [1.54, 1.807) is 0 Å². The molecular formula is C13H23ClN2. The third-order valence-corrected chi connectivity index (χ3v) is 2.90. The predicted molar refractivity (Wildman–Crippen MR) is 73.4 cm³/mol. The second kappa shape index (κ2) is 7.66. The van der Waals surface area contributed by atoms with Crippen molar-refractivity contribution in [1.29, 1.82) is 0 Å². The third kappa shape index (κ3) is 4.52. The topological polar surface area (TPSA) is 15.3 Å². The summed E-state index contributed by atoms with van der Waals surface area (Å²) in [7, 11) is 4.16. The molecule has 1 aromatic rings. The van der Waals surface area contributed by atoms with Crippen LogP contribution in [0.15, 0.2) is 18.2 Å². The fourth-order valence-corrected chi connectivity index (χ4v) is 1.66. The van der Waals surface area contributed by atoms with Crippen LogP contribution in [0.1, 0.15) is 16.7 Å². The highest BCUT2D eigenvalue weighted by molar-refractivity contribution is 5.85. The number of halogens is 1. The zero-order chi connectivity index (χ0) is 11.3. The van der Waals surface area contributed by atoms with E-state index in [4.69, 9.17) is 0 Å². The Morgan fingerprint density at radius 1 is 1.25 bits per heavy atom. The minimum absolute atomic E-state index is 0. The standard InChI is InChI=1S/C13H22N2.ClH/c1-11-6-5-7-13(12(11)2)10-15(4)9-8-14-3;/h5-7,14H,8-10H2,1-4H3;1H. The van der Waals surface area contributed by atoms with E-state index in [-0.39, 0.29) is 12.4 Å². The number of benzene rings is 1. The molecule has 1 aromatic carbocycles. The zero-order valence-corrected chi connectivity index (χ0v) is 11.5. The van der Waals surface area contributed by atoms with Crippen molar-refractivity contribution in [2.24, 2.45) is 0 Å². The first kappa shape index (κ1) is 15.4. The molecule has 0 heterocycles. The molecule has 0 aliphatic heterocycles. The minimum atomic E-state index is 0. The molecule has 92 valence electrons. The Hall–Kier alpha value is -0.570. The van der Waals surface area contributed by atoms with Crippen molar-refractivity contribution >= 4 is 12.4 Å².